The van der Waals surface area contributed by atoms with Gasteiger partial charge in [-0.2, -0.15) is 0 Å². The number of esters is 1. The summed E-state index contributed by atoms with van der Waals surface area (Å²) in [5.41, 5.74) is 3.39. The maximum Gasteiger partial charge on any atom is 0.316 e. The van der Waals surface area contributed by atoms with Gasteiger partial charge in [-0.3, -0.25) is 9.59 Å². The lowest BCUT2D eigenvalue weighted by Gasteiger charge is -2.43. The van der Waals surface area contributed by atoms with E-state index >= 15 is 0 Å². The maximum atomic E-state index is 11.7. The summed E-state index contributed by atoms with van der Waals surface area (Å²) in [7, 11) is 1.37. The third-order valence-corrected chi connectivity index (χ3v) is 5.00. The third kappa shape index (κ3) is 1.90. The lowest BCUT2D eigenvalue weighted by atomic mass is 9.62. The maximum absolute atomic E-state index is 11.7. The first-order valence-electron chi connectivity index (χ1n) is 7.00. The molecule has 0 aromatic carbocycles. The Morgan fingerprint density at radius 1 is 1.33 bits per heavy atom. The number of hydrogen-bond donors (Lipinski definition) is 0. The summed E-state index contributed by atoms with van der Waals surface area (Å²) in [5.74, 6) is 0.567. The zero-order valence-corrected chi connectivity index (χ0v) is 10.9. The van der Waals surface area contributed by atoms with Crippen LogP contribution in [0.2, 0.25) is 0 Å². The molecule has 3 heteroatoms. The van der Waals surface area contributed by atoms with Crippen LogP contribution in [0.4, 0.5) is 0 Å². The molecule has 3 nitrogen and oxygen atoms in total. The van der Waals surface area contributed by atoms with Crippen molar-refractivity contribution < 1.29 is 14.3 Å². The van der Waals surface area contributed by atoms with Crippen molar-refractivity contribution in [3.05, 3.63) is 11.1 Å². The van der Waals surface area contributed by atoms with Crippen LogP contribution >= 0.6 is 0 Å². The highest BCUT2D eigenvalue weighted by molar-refractivity contribution is 5.99. The van der Waals surface area contributed by atoms with E-state index in [1.807, 2.05) is 0 Å². The first-order valence-corrected chi connectivity index (χ1v) is 7.00. The second kappa shape index (κ2) is 4.52. The van der Waals surface area contributed by atoms with Gasteiger partial charge in [0.05, 0.1) is 7.11 Å². The fraction of sp³-hybridized carbons (Fsp3) is 0.733. The summed E-state index contributed by atoms with van der Waals surface area (Å²) < 4.78 is 4.73. The van der Waals surface area contributed by atoms with Crippen molar-refractivity contribution in [2.45, 2.75) is 44.9 Å². The normalized spacial score (nSPS) is 34.5. The van der Waals surface area contributed by atoms with Gasteiger partial charge in [-0.05, 0) is 50.4 Å². The first-order chi connectivity index (χ1) is 8.69. The number of hydrogen-bond acceptors (Lipinski definition) is 3. The molecule has 98 valence electrons. The number of carbonyl (C=O) groups excluding carboxylic acids is 2. The monoisotopic (exact) mass is 248 g/mol. The minimum atomic E-state index is -0.483. The Labute approximate surface area is 108 Å². The zero-order valence-electron chi connectivity index (χ0n) is 10.9. The Morgan fingerprint density at radius 3 is 2.72 bits per heavy atom. The van der Waals surface area contributed by atoms with Crippen molar-refractivity contribution >= 4 is 11.8 Å². The SMILES string of the molecule is COC(=O)C1CC(CC2CC3=C2CC3)CCC1=O. The van der Waals surface area contributed by atoms with Crippen LogP contribution in [0.15, 0.2) is 11.1 Å². The van der Waals surface area contributed by atoms with E-state index in [1.165, 1.54) is 32.8 Å². The van der Waals surface area contributed by atoms with Gasteiger partial charge >= 0.3 is 5.97 Å². The Bertz CT molecular complexity index is 413. The molecular weight excluding hydrogens is 228 g/mol. The Morgan fingerprint density at radius 2 is 2.17 bits per heavy atom. The van der Waals surface area contributed by atoms with Crippen LogP contribution in [-0.4, -0.2) is 18.9 Å². The van der Waals surface area contributed by atoms with E-state index in [0.29, 0.717) is 18.8 Å². The highest BCUT2D eigenvalue weighted by Gasteiger charge is 2.39. The van der Waals surface area contributed by atoms with E-state index in [9.17, 15) is 9.59 Å². The third-order valence-electron chi connectivity index (χ3n) is 5.00. The van der Waals surface area contributed by atoms with E-state index < -0.39 is 5.92 Å². The van der Waals surface area contributed by atoms with Gasteiger partial charge in [0.1, 0.15) is 11.7 Å². The Balaban J connectivity index is 1.57. The number of ketones is 1. The number of allylic oxidation sites excluding steroid dienone is 2. The van der Waals surface area contributed by atoms with Gasteiger partial charge in [0.2, 0.25) is 0 Å². The van der Waals surface area contributed by atoms with Crippen LogP contribution in [0.5, 0.6) is 0 Å². The van der Waals surface area contributed by atoms with Crippen molar-refractivity contribution in [3.8, 4) is 0 Å². The molecule has 0 saturated heterocycles. The second-order valence-electron chi connectivity index (χ2n) is 5.95. The molecule has 1 saturated carbocycles. The van der Waals surface area contributed by atoms with Crippen LogP contribution in [0.25, 0.3) is 0 Å². The molecule has 0 aromatic heterocycles. The topological polar surface area (TPSA) is 43.4 Å². The van der Waals surface area contributed by atoms with Crippen LogP contribution < -0.4 is 0 Å². The molecule has 3 aliphatic carbocycles. The first kappa shape index (κ1) is 11.9. The molecule has 0 radical (unpaired) electrons. The molecule has 3 aliphatic rings. The molecule has 0 aliphatic heterocycles. The molecule has 0 heterocycles. The van der Waals surface area contributed by atoms with Gasteiger partial charge in [-0.15, -0.1) is 0 Å². The van der Waals surface area contributed by atoms with Gasteiger partial charge in [0.15, 0.2) is 0 Å². The van der Waals surface area contributed by atoms with Crippen molar-refractivity contribution in [1.29, 1.82) is 0 Å². The van der Waals surface area contributed by atoms with Crippen molar-refractivity contribution in [1.82, 2.24) is 0 Å². The Kier molecular flexibility index (Phi) is 3.00. The molecule has 0 N–H and O–H groups in total. The lowest BCUT2D eigenvalue weighted by molar-refractivity contribution is -0.151. The number of methoxy groups -OCH3 is 1. The Hall–Kier alpha value is -1.12. The predicted octanol–water partition coefficient (Wildman–Crippen LogP) is 2.65. The van der Waals surface area contributed by atoms with Gasteiger partial charge in [-0.25, -0.2) is 0 Å². The number of rotatable bonds is 3. The standard InChI is InChI=1S/C15H20O3/c1-18-15(17)13-7-9(2-5-14(13)16)6-11-8-10-3-4-12(10)11/h9,11,13H,2-8H2,1H3. The highest BCUT2D eigenvalue weighted by atomic mass is 16.5. The second-order valence-corrected chi connectivity index (χ2v) is 5.95. The van der Waals surface area contributed by atoms with Crippen molar-refractivity contribution in [3.63, 3.8) is 0 Å². The molecule has 1 fully saturated rings. The van der Waals surface area contributed by atoms with Gasteiger partial charge in [0, 0.05) is 6.42 Å². The molecule has 3 rings (SSSR count). The highest BCUT2D eigenvalue weighted by Crippen LogP contribution is 2.51. The quantitative estimate of drug-likeness (QED) is 0.438. The zero-order chi connectivity index (χ0) is 12.7. The van der Waals surface area contributed by atoms with E-state index in [2.05, 4.69) is 0 Å². The summed E-state index contributed by atoms with van der Waals surface area (Å²) in [6, 6.07) is 0. The summed E-state index contributed by atoms with van der Waals surface area (Å²) in [6.07, 6.45) is 7.31. The molecule has 3 unspecified atom stereocenters. The minimum absolute atomic E-state index is 0.0789. The largest absolute Gasteiger partial charge is 0.468 e. The summed E-state index contributed by atoms with van der Waals surface area (Å²) in [5, 5.41) is 0. The fourth-order valence-electron chi connectivity index (χ4n) is 3.78. The summed E-state index contributed by atoms with van der Waals surface area (Å²) in [6.45, 7) is 0. The van der Waals surface area contributed by atoms with Crippen LogP contribution in [0.1, 0.15) is 44.9 Å². The van der Waals surface area contributed by atoms with Crippen molar-refractivity contribution in [2.24, 2.45) is 17.8 Å². The average Bonchev–Trinajstić information content (AvgIpc) is 2.36. The van der Waals surface area contributed by atoms with E-state index in [0.717, 1.165) is 12.3 Å². The molecule has 0 aromatic rings. The predicted molar refractivity (Wildman–Crippen MR) is 66.8 cm³/mol. The lowest BCUT2D eigenvalue weighted by Crippen LogP contribution is -2.34. The number of ether oxygens (including phenoxy) is 1. The fourth-order valence-corrected chi connectivity index (χ4v) is 3.78. The molecular formula is C15H20O3. The minimum Gasteiger partial charge on any atom is -0.468 e. The molecule has 3 atom stereocenters. The van der Waals surface area contributed by atoms with Crippen molar-refractivity contribution in [2.75, 3.05) is 7.11 Å². The van der Waals surface area contributed by atoms with Gasteiger partial charge < -0.3 is 4.74 Å². The van der Waals surface area contributed by atoms with Gasteiger partial charge in [-0.1, -0.05) is 11.1 Å². The van der Waals surface area contributed by atoms with Gasteiger partial charge in [0.25, 0.3) is 0 Å². The van der Waals surface area contributed by atoms with E-state index in [4.69, 9.17) is 4.74 Å². The van der Waals surface area contributed by atoms with E-state index in [1.54, 1.807) is 11.1 Å². The molecule has 0 bridgehead atoms. The number of carbonyl (C=O) groups is 2. The van der Waals surface area contributed by atoms with E-state index in [-0.39, 0.29) is 11.8 Å². The van der Waals surface area contributed by atoms with Crippen LogP contribution in [-0.2, 0) is 14.3 Å². The summed E-state index contributed by atoms with van der Waals surface area (Å²) >= 11 is 0. The van der Waals surface area contributed by atoms with Crippen LogP contribution in [0.3, 0.4) is 0 Å². The molecule has 0 spiro atoms. The molecule has 18 heavy (non-hydrogen) atoms. The number of Topliss-reactive ketones (excluding diaryl/α,β-unsaturated/α-hetero) is 1. The summed E-state index contributed by atoms with van der Waals surface area (Å²) in [4.78, 5) is 23.3. The average molecular weight is 248 g/mol. The molecule has 0 amide bonds. The smallest absolute Gasteiger partial charge is 0.316 e. The van der Waals surface area contributed by atoms with Crippen LogP contribution in [0, 0.1) is 17.8 Å².